The van der Waals surface area contributed by atoms with Gasteiger partial charge in [-0.1, -0.05) is 12.1 Å². The summed E-state index contributed by atoms with van der Waals surface area (Å²) >= 11 is 0. The number of carbonyl (C=O) groups excluding carboxylic acids is 1. The zero-order valence-electron chi connectivity index (χ0n) is 16.2. The minimum atomic E-state index is -0.925. The molecule has 29 heavy (non-hydrogen) atoms. The molecule has 1 aliphatic carbocycles. The first-order valence-corrected chi connectivity index (χ1v) is 10.2. The molecular weight excluding hydrogens is 373 g/mol. The monoisotopic (exact) mass is 397 g/mol. The van der Waals surface area contributed by atoms with Crippen LogP contribution in [0.25, 0.3) is 0 Å². The number of hydrogen-bond donors (Lipinski definition) is 1. The van der Waals surface area contributed by atoms with Crippen LogP contribution in [0.15, 0.2) is 36.4 Å². The molecule has 152 valence electrons. The maximum Gasteiger partial charge on any atom is 0.231 e. The van der Waals surface area contributed by atoms with Crippen LogP contribution in [-0.2, 0) is 12.0 Å². The highest BCUT2D eigenvalue weighted by Gasteiger charge is 2.36. The standard InChI is InChI=1S/C23H24FNO4/c24-18-5-3-17(4-6-18)23(27)7-9-25(10-8-23)13-16-2-1-15-11-20-21(29-14-28-20)12-19(15)22(16)26/h3-6,11-12,16,27H,1-2,7-10,13-14H2. The molecule has 6 heteroatoms. The largest absolute Gasteiger partial charge is 0.454 e. The molecule has 3 aliphatic rings. The van der Waals surface area contributed by atoms with Crippen molar-refractivity contribution in [3.05, 3.63) is 58.9 Å². The second-order valence-corrected chi connectivity index (χ2v) is 8.30. The fourth-order valence-electron chi connectivity index (χ4n) is 4.74. The summed E-state index contributed by atoms with van der Waals surface area (Å²) in [7, 11) is 0. The normalized spacial score (nSPS) is 23.1. The Labute approximate surface area is 169 Å². The van der Waals surface area contributed by atoms with Gasteiger partial charge in [0, 0.05) is 31.1 Å². The third kappa shape index (κ3) is 3.40. The number of nitrogens with zero attached hydrogens (tertiary/aromatic N) is 1. The van der Waals surface area contributed by atoms with Crippen LogP contribution in [0.1, 0.15) is 40.7 Å². The Morgan fingerprint density at radius 1 is 1.10 bits per heavy atom. The van der Waals surface area contributed by atoms with Crippen molar-refractivity contribution in [2.24, 2.45) is 5.92 Å². The predicted octanol–water partition coefficient (Wildman–Crippen LogP) is 3.28. The van der Waals surface area contributed by atoms with E-state index in [2.05, 4.69) is 4.90 Å². The Morgan fingerprint density at radius 3 is 2.52 bits per heavy atom. The third-order valence-electron chi connectivity index (χ3n) is 6.54. The molecule has 2 aliphatic heterocycles. The molecule has 0 saturated carbocycles. The van der Waals surface area contributed by atoms with Crippen molar-refractivity contribution in [2.45, 2.75) is 31.3 Å². The van der Waals surface area contributed by atoms with Crippen LogP contribution in [-0.4, -0.2) is 42.2 Å². The second kappa shape index (κ2) is 7.11. The van der Waals surface area contributed by atoms with E-state index >= 15 is 0 Å². The van der Waals surface area contributed by atoms with Crippen LogP contribution in [0.5, 0.6) is 11.5 Å². The Bertz CT molecular complexity index is 935. The lowest BCUT2D eigenvalue weighted by Crippen LogP contribution is -2.45. The number of benzene rings is 2. The fraction of sp³-hybridized carbons (Fsp3) is 0.435. The first-order chi connectivity index (χ1) is 14.0. The van der Waals surface area contributed by atoms with Crippen LogP contribution < -0.4 is 9.47 Å². The molecular formula is C23H24FNO4. The second-order valence-electron chi connectivity index (χ2n) is 8.30. The third-order valence-corrected chi connectivity index (χ3v) is 6.54. The number of rotatable bonds is 3. The summed E-state index contributed by atoms with van der Waals surface area (Å²) in [5.41, 5.74) is 1.63. The lowest BCUT2D eigenvalue weighted by Gasteiger charge is -2.40. The maximum atomic E-state index is 13.2. The summed E-state index contributed by atoms with van der Waals surface area (Å²) in [5.74, 6) is 1.21. The van der Waals surface area contributed by atoms with Gasteiger partial charge in [0.25, 0.3) is 0 Å². The van der Waals surface area contributed by atoms with Gasteiger partial charge in [0.1, 0.15) is 5.82 Å². The number of fused-ring (bicyclic) bond motifs is 2. The van der Waals surface area contributed by atoms with Gasteiger partial charge in [-0.05, 0) is 61.1 Å². The smallest absolute Gasteiger partial charge is 0.231 e. The number of ether oxygens (including phenoxy) is 2. The molecule has 1 fully saturated rings. The SMILES string of the molecule is O=C1c2cc3c(cc2CCC1CN1CCC(O)(c2ccc(F)cc2)CC1)OCO3. The van der Waals surface area contributed by atoms with Gasteiger partial charge in [-0.15, -0.1) is 0 Å². The minimum Gasteiger partial charge on any atom is -0.454 e. The van der Waals surface area contributed by atoms with Crippen molar-refractivity contribution in [3.8, 4) is 11.5 Å². The van der Waals surface area contributed by atoms with Crippen LogP contribution in [0.4, 0.5) is 4.39 Å². The number of ketones is 1. The Hall–Kier alpha value is -2.44. The van der Waals surface area contributed by atoms with E-state index in [1.807, 2.05) is 12.1 Å². The lowest BCUT2D eigenvalue weighted by atomic mass is 9.80. The van der Waals surface area contributed by atoms with E-state index in [0.29, 0.717) is 38.2 Å². The topological polar surface area (TPSA) is 59.0 Å². The number of aryl methyl sites for hydroxylation is 1. The van der Waals surface area contributed by atoms with E-state index in [0.717, 1.165) is 35.3 Å². The Balaban J connectivity index is 1.24. The summed E-state index contributed by atoms with van der Waals surface area (Å²) < 4.78 is 24.0. The molecule has 1 unspecified atom stereocenters. The number of aliphatic hydroxyl groups is 1. The van der Waals surface area contributed by atoms with E-state index in [1.54, 1.807) is 12.1 Å². The number of halogens is 1. The zero-order chi connectivity index (χ0) is 20.0. The fourth-order valence-corrected chi connectivity index (χ4v) is 4.74. The van der Waals surface area contributed by atoms with Gasteiger partial charge in [0.2, 0.25) is 6.79 Å². The lowest BCUT2D eigenvalue weighted by molar-refractivity contribution is -0.0283. The van der Waals surface area contributed by atoms with Gasteiger partial charge in [0.05, 0.1) is 5.60 Å². The molecule has 5 rings (SSSR count). The van der Waals surface area contributed by atoms with Gasteiger partial charge in [0.15, 0.2) is 17.3 Å². The minimum absolute atomic E-state index is 0.0418. The van der Waals surface area contributed by atoms with E-state index in [9.17, 15) is 14.3 Å². The summed E-state index contributed by atoms with van der Waals surface area (Å²) in [6, 6.07) is 9.88. The van der Waals surface area contributed by atoms with Crippen molar-refractivity contribution in [1.82, 2.24) is 4.90 Å². The number of carbonyl (C=O) groups is 1. The molecule has 1 saturated heterocycles. The summed E-state index contributed by atoms with van der Waals surface area (Å²) in [4.78, 5) is 15.3. The average molecular weight is 397 g/mol. The Morgan fingerprint density at radius 2 is 1.79 bits per heavy atom. The van der Waals surface area contributed by atoms with Crippen LogP contribution in [0.2, 0.25) is 0 Å². The van der Waals surface area contributed by atoms with Gasteiger partial charge in [-0.25, -0.2) is 4.39 Å². The number of Topliss-reactive ketones (excluding diaryl/α,β-unsaturated/α-hetero) is 1. The molecule has 2 heterocycles. The first-order valence-electron chi connectivity index (χ1n) is 10.2. The molecule has 1 atom stereocenters. The van der Waals surface area contributed by atoms with Gasteiger partial charge >= 0.3 is 0 Å². The van der Waals surface area contributed by atoms with Gasteiger partial charge < -0.3 is 19.5 Å². The van der Waals surface area contributed by atoms with Crippen molar-refractivity contribution < 1.29 is 23.8 Å². The molecule has 0 amide bonds. The summed E-state index contributed by atoms with van der Waals surface area (Å²) in [5, 5.41) is 11.0. The summed E-state index contributed by atoms with van der Waals surface area (Å²) in [6.07, 6.45) is 2.84. The molecule has 1 N–H and O–H groups in total. The first kappa shape index (κ1) is 18.6. The molecule has 0 radical (unpaired) electrons. The highest BCUT2D eigenvalue weighted by atomic mass is 19.1. The quantitative estimate of drug-likeness (QED) is 0.861. The zero-order valence-corrected chi connectivity index (χ0v) is 16.2. The molecule has 2 aromatic rings. The van der Waals surface area contributed by atoms with Crippen molar-refractivity contribution in [1.29, 1.82) is 0 Å². The van der Waals surface area contributed by atoms with E-state index < -0.39 is 5.60 Å². The van der Waals surface area contributed by atoms with Crippen molar-refractivity contribution in [3.63, 3.8) is 0 Å². The number of likely N-dealkylation sites (tertiary alicyclic amines) is 1. The molecule has 2 aromatic carbocycles. The highest BCUT2D eigenvalue weighted by molar-refractivity contribution is 6.01. The van der Waals surface area contributed by atoms with E-state index in [1.165, 1.54) is 12.1 Å². The van der Waals surface area contributed by atoms with Crippen molar-refractivity contribution >= 4 is 5.78 Å². The average Bonchev–Trinajstić information content (AvgIpc) is 3.18. The highest BCUT2D eigenvalue weighted by Crippen LogP contribution is 2.39. The predicted molar refractivity (Wildman–Crippen MR) is 105 cm³/mol. The molecule has 0 aromatic heterocycles. The van der Waals surface area contributed by atoms with E-state index in [4.69, 9.17) is 9.47 Å². The molecule has 5 nitrogen and oxygen atoms in total. The number of hydrogen-bond acceptors (Lipinski definition) is 5. The maximum absolute atomic E-state index is 13.2. The molecule has 0 spiro atoms. The van der Waals surface area contributed by atoms with Crippen molar-refractivity contribution in [2.75, 3.05) is 26.4 Å². The Kier molecular flexibility index (Phi) is 4.56. The molecule has 0 bridgehead atoms. The number of piperidine rings is 1. The van der Waals surface area contributed by atoms with Gasteiger partial charge in [-0.2, -0.15) is 0 Å². The van der Waals surface area contributed by atoms with Gasteiger partial charge in [-0.3, -0.25) is 4.79 Å². The summed E-state index contributed by atoms with van der Waals surface area (Å²) in [6.45, 7) is 2.34. The van der Waals surface area contributed by atoms with E-state index in [-0.39, 0.29) is 24.3 Å². The van der Waals surface area contributed by atoms with Crippen LogP contribution >= 0.6 is 0 Å². The van der Waals surface area contributed by atoms with Crippen LogP contribution in [0.3, 0.4) is 0 Å². The van der Waals surface area contributed by atoms with Crippen LogP contribution in [0, 0.1) is 11.7 Å².